The van der Waals surface area contributed by atoms with Gasteiger partial charge >= 0.3 is 0 Å². The second-order valence-corrected chi connectivity index (χ2v) is 8.89. The summed E-state index contributed by atoms with van der Waals surface area (Å²) in [5.41, 5.74) is 1.83. The number of rotatable bonds is 4. The Hall–Kier alpha value is -2.05. The quantitative estimate of drug-likeness (QED) is 0.854. The summed E-state index contributed by atoms with van der Waals surface area (Å²) >= 11 is 6.40. The fourth-order valence-electron chi connectivity index (χ4n) is 3.05. The molecule has 1 amide bonds. The van der Waals surface area contributed by atoms with Crippen molar-refractivity contribution in [3.8, 4) is 0 Å². The van der Waals surface area contributed by atoms with Crippen LogP contribution >= 0.6 is 11.6 Å². The molecule has 1 heterocycles. The van der Waals surface area contributed by atoms with Gasteiger partial charge in [0.15, 0.2) is 9.84 Å². The average molecular weight is 393 g/mol. The zero-order valence-electron chi connectivity index (χ0n) is 14.5. The summed E-state index contributed by atoms with van der Waals surface area (Å²) in [4.78, 5) is 14.8. The summed E-state index contributed by atoms with van der Waals surface area (Å²) < 4.78 is 23.3. The van der Waals surface area contributed by atoms with Crippen molar-refractivity contribution >= 4 is 38.7 Å². The van der Waals surface area contributed by atoms with Crippen molar-refractivity contribution in [2.24, 2.45) is 0 Å². The first-order chi connectivity index (χ1) is 12.3. The van der Waals surface area contributed by atoms with E-state index in [1.807, 2.05) is 12.1 Å². The number of carbonyl (C=O) groups is 1. The lowest BCUT2D eigenvalue weighted by atomic mass is 10.1. The van der Waals surface area contributed by atoms with E-state index in [1.54, 1.807) is 18.2 Å². The molecule has 0 unspecified atom stereocenters. The number of anilines is 2. The Balaban J connectivity index is 1.76. The predicted octanol–water partition coefficient (Wildman–Crippen LogP) is 3.99. The molecule has 0 atom stereocenters. The molecule has 0 aliphatic carbocycles. The zero-order valence-corrected chi connectivity index (χ0v) is 16.1. The molecule has 2 aromatic carbocycles. The van der Waals surface area contributed by atoms with Crippen LogP contribution in [0.4, 0.5) is 11.4 Å². The molecule has 26 heavy (non-hydrogen) atoms. The highest BCUT2D eigenvalue weighted by Gasteiger charge is 2.15. The van der Waals surface area contributed by atoms with Crippen LogP contribution in [0.2, 0.25) is 5.02 Å². The molecule has 5 nitrogen and oxygen atoms in total. The molecular formula is C19H21ClN2O3S. The number of sulfone groups is 1. The Morgan fingerprint density at radius 2 is 1.81 bits per heavy atom. The molecule has 0 spiro atoms. The van der Waals surface area contributed by atoms with E-state index >= 15 is 0 Å². The Morgan fingerprint density at radius 3 is 2.46 bits per heavy atom. The van der Waals surface area contributed by atoms with Crippen molar-refractivity contribution in [3.05, 3.63) is 53.1 Å². The summed E-state index contributed by atoms with van der Waals surface area (Å²) in [5, 5.41) is 3.36. The van der Waals surface area contributed by atoms with Crippen molar-refractivity contribution < 1.29 is 13.2 Å². The molecule has 0 radical (unpaired) electrons. The predicted molar refractivity (Wildman–Crippen MR) is 105 cm³/mol. The topological polar surface area (TPSA) is 66.5 Å². The number of halogens is 1. The lowest BCUT2D eigenvalue weighted by molar-refractivity contribution is 0.102. The maximum atomic E-state index is 12.4. The van der Waals surface area contributed by atoms with Crippen LogP contribution in [0.25, 0.3) is 0 Å². The van der Waals surface area contributed by atoms with E-state index in [0.717, 1.165) is 37.9 Å². The summed E-state index contributed by atoms with van der Waals surface area (Å²) in [5.74, 6) is -0.378. The van der Waals surface area contributed by atoms with E-state index in [2.05, 4.69) is 10.2 Å². The molecule has 7 heteroatoms. The van der Waals surface area contributed by atoms with Gasteiger partial charge in [-0.3, -0.25) is 4.79 Å². The van der Waals surface area contributed by atoms with E-state index < -0.39 is 9.84 Å². The number of carbonyl (C=O) groups excluding carboxylic acids is 1. The number of benzene rings is 2. The van der Waals surface area contributed by atoms with Crippen LogP contribution in [0.15, 0.2) is 47.4 Å². The van der Waals surface area contributed by atoms with E-state index in [1.165, 1.54) is 18.6 Å². The minimum Gasteiger partial charge on any atom is -0.370 e. The fraction of sp³-hybridized carbons (Fsp3) is 0.316. The molecule has 2 aromatic rings. The van der Waals surface area contributed by atoms with E-state index in [4.69, 9.17) is 11.6 Å². The van der Waals surface area contributed by atoms with E-state index in [9.17, 15) is 13.2 Å². The molecule has 1 N–H and O–H groups in total. The summed E-state index contributed by atoms with van der Waals surface area (Å²) in [7, 11) is -3.36. The highest BCUT2D eigenvalue weighted by molar-refractivity contribution is 7.90. The summed E-state index contributed by atoms with van der Waals surface area (Å²) in [6.07, 6.45) is 4.68. The molecule has 0 bridgehead atoms. The highest BCUT2D eigenvalue weighted by atomic mass is 35.5. The van der Waals surface area contributed by atoms with Crippen LogP contribution in [0.5, 0.6) is 0 Å². The van der Waals surface area contributed by atoms with Crippen LogP contribution in [-0.2, 0) is 9.84 Å². The number of hydrogen-bond acceptors (Lipinski definition) is 4. The van der Waals surface area contributed by atoms with Crippen LogP contribution < -0.4 is 10.2 Å². The van der Waals surface area contributed by atoms with Crippen molar-refractivity contribution in [1.29, 1.82) is 0 Å². The van der Waals surface area contributed by atoms with E-state index in [0.29, 0.717) is 10.7 Å². The van der Waals surface area contributed by atoms with Crippen molar-refractivity contribution in [1.82, 2.24) is 0 Å². The van der Waals surface area contributed by atoms with Gasteiger partial charge in [0.1, 0.15) is 0 Å². The Morgan fingerprint density at radius 1 is 1.08 bits per heavy atom. The van der Waals surface area contributed by atoms with Gasteiger partial charge in [0.05, 0.1) is 15.6 Å². The molecule has 1 aliphatic rings. The Bertz CT molecular complexity index is 922. The van der Waals surface area contributed by atoms with Crippen molar-refractivity contribution in [2.75, 3.05) is 29.6 Å². The minimum atomic E-state index is -3.36. The highest BCUT2D eigenvalue weighted by Crippen LogP contribution is 2.31. The summed E-state index contributed by atoms with van der Waals surface area (Å²) in [6, 6.07) is 11.4. The van der Waals surface area contributed by atoms with Gasteiger partial charge in [-0.1, -0.05) is 17.7 Å². The molecule has 0 aromatic heterocycles. The average Bonchev–Trinajstić information content (AvgIpc) is 2.62. The number of hydrogen-bond donors (Lipinski definition) is 1. The lowest BCUT2D eigenvalue weighted by Crippen LogP contribution is -2.29. The standard InChI is InChI=1S/C19H21ClN2O3S/c1-26(24,25)16-7-5-6-14(12-16)19(23)21-15-8-9-18(17(20)13-15)22-10-3-2-4-11-22/h5-9,12-13H,2-4,10-11H2,1H3,(H,21,23). The molecule has 138 valence electrons. The number of nitrogens with one attached hydrogen (secondary N) is 1. The molecule has 0 saturated carbocycles. The summed E-state index contributed by atoms with van der Waals surface area (Å²) in [6.45, 7) is 1.98. The molecule has 1 fully saturated rings. The number of nitrogens with zero attached hydrogens (tertiary/aromatic N) is 1. The third-order valence-electron chi connectivity index (χ3n) is 4.43. The Labute approximate surface area is 158 Å². The number of piperidine rings is 1. The molecule has 1 saturated heterocycles. The van der Waals surface area contributed by atoms with Gasteiger partial charge in [0, 0.05) is 30.6 Å². The van der Waals surface area contributed by atoms with Gasteiger partial charge in [0.25, 0.3) is 5.91 Å². The van der Waals surface area contributed by atoms with Gasteiger partial charge in [-0.05, 0) is 55.7 Å². The van der Waals surface area contributed by atoms with Crippen molar-refractivity contribution in [2.45, 2.75) is 24.2 Å². The SMILES string of the molecule is CS(=O)(=O)c1cccc(C(=O)Nc2ccc(N3CCCCC3)c(Cl)c2)c1. The smallest absolute Gasteiger partial charge is 0.255 e. The monoisotopic (exact) mass is 392 g/mol. The van der Waals surface area contributed by atoms with Crippen LogP contribution in [0.3, 0.4) is 0 Å². The molecule has 3 rings (SSSR count). The third-order valence-corrected chi connectivity index (χ3v) is 5.84. The Kier molecular flexibility index (Phi) is 5.53. The second kappa shape index (κ2) is 7.68. The first kappa shape index (κ1) is 18.7. The maximum absolute atomic E-state index is 12.4. The van der Waals surface area contributed by atoms with Gasteiger partial charge in [-0.15, -0.1) is 0 Å². The van der Waals surface area contributed by atoms with Gasteiger partial charge in [-0.25, -0.2) is 8.42 Å². The zero-order chi connectivity index (χ0) is 18.7. The van der Waals surface area contributed by atoms with Gasteiger partial charge < -0.3 is 10.2 Å². The maximum Gasteiger partial charge on any atom is 0.255 e. The minimum absolute atomic E-state index is 0.114. The lowest BCUT2D eigenvalue weighted by Gasteiger charge is -2.29. The van der Waals surface area contributed by atoms with Gasteiger partial charge in [-0.2, -0.15) is 0 Å². The second-order valence-electron chi connectivity index (χ2n) is 6.47. The molecule has 1 aliphatic heterocycles. The number of amides is 1. The van der Waals surface area contributed by atoms with Crippen LogP contribution in [0, 0.1) is 0 Å². The fourth-order valence-corrected chi connectivity index (χ4v) is 4.01. The largest absolute Gasteiger partial charge is 0.370 e. The van der Waals surface area contributed by atoms with Crippen LogP contribution in [-0.4, -0.2) is 33.7 Å². The normalized spacial score (nSPS) is 14.9. The van der Waals surface area contributed by atoms with Crippen molar-refractivity contribution in [3.63, 3.8) is 0 Å². The first-order valence-electron chi connectivity index (χ1n) is 8.50. The third kappa shape index (κ3) is 4.37. The van der Waals surface area contributed by atoms with Crippen LogP contribution in [0.1, 0.15) is 29.6 Å². The van der Waals surface area contributed by atoms with Gasteiger partial charge in [0.2, 0.25) is 0 Å². The van der Waals surface area contributed by atoms with E-state index in [-0.39, 0.29) is 16.4 Å². The first-order valence-corrected chi connectivity index (χ1v) is 10.8. The molecular weight excluding hydrogens is 372 g/mol.